The Morgan fingerprint density at radius 1 is 0.960 bits per heavy atom. The number of hydrogen-bond acceptors (Lipinski definition) is 8. The molecular weight excluding hydrogens is 677 g/mol. The second-order valence-electron chi connectivity index (χ2n) is 12.7. The summed E-state index contributed by atoms with van der Waals surface area (Å²) in [5.74, 6) is 2.10. The van der Waals surface area contributed by atoms with Gasteiger partial charge in [-0.25, -0.2) is 4.98 Å². The zero-order valence-corrected chi connectivity index (χ0v) is 31.2. The van der Waals surface area contributed by atoms with Crippen LogP contribution in [0.2, 0.25) is 10.0 Å². The first-order valence-corrected chi connectivity index (χ1v) is 18.0. The molecule has 50 heavy (non-hydrogen) atoms. The first-order chi connectivity index (χ1) is 24.3. The normalized spacial score (nSPS) is 14.5. The molecule has 5 rings (SSSR count). The molecule has 1 fully saturated rings. The van der Waals surface area contributed by atoms with E-state index in [1.807, 2.05) is 31.3 Å². The fourth-order valence-corrected chi connectivity index (χ4v) is 6.91. The van der Waals surface area contributed by atoms with Crippen LogP contribution in [0, 0.1) is 0 Å². The molecule has 12 heteroatoms. The standard InChI is InChI=1S/C38H49Cl2N5O5/c1-6-20-50-21-19-45-33-10-8-7-9-32(33)42-38(45)41-29-14-17-44(18-15-29)16-13-27(26-11-12-30(39)31(40)22-26)25-43(2)37(46)28-23-34(47-3)36(49-5)35(24-28)48-4/h7-12,22-24,27,29H,6,13-21,25H2,1-5H3,(H,41,42). The zero-order chi connectivity index (χ0) is 35.6. The van der Waals surface area contributed by atoms with E-state index in [0.717, 1.165) is 81.0 Å². The predicted molar refractivity (Wildman–Crippen MR) is 201 cm³/mol. The smallest absolute Gasteiger partial charge is 0.253 e. The van der Waals surface area contributed by atoms with Crippen molar-refractivity contribution in [2.24, 2.45) is 0 Å². The maximum Gasteiger partial charge on any atom is 0.253 e. The molecule has 0 aliphatic carbocycles. The summed E-state index contributed by atoms with van der Waals surface area (Å²) in [5.41, 5.74) is 3.60. The van der Waals surface area contributed by atoms with Crippen molar-refractivity contribution >= 4 is 46.1 Å². The summed E-state index contributed by atoms with van der Waals surface area (Å²) in [6, 6.07) is 17.7. The summed E-state index contributed by atoms with van der Waals surface area (Å²) in [7, 11) is 6.43. The van der Waals surface area contributed by atoms with Crippen molar-refractivity contribution in [2.45, 2.75) is 51.1 Å². The molecule has 1 aliphatic rings. The Morgan fingerprint density at radius 2 is 1.68 bits per heavy atom. The lowest BCUT2D eigenvalue weighted by molar-refractivity contribution is 0.0781. The number of methoxy groups -OCH3 is 3. The van der Waals surface area contributed by atoms with Crippen molar-refractivity contribution in [3.63, 3.8) is 0 Å². The Bertz CT molecular complexity index is 1700. The molecule has 2 heterocycles. The minimum absolute atomic E-state index is 0.0337. The molecule has 4 aromatic rings. The molecule has 0 spiro atoms. The summed E-state index contributed by atoms with van der Waals surface area (Å²) in [5, 5.41) is 4.76. The first kappa shape index (κ1) is 37.6. The molecule has 1 amide bonds. The van der Waals surface area contributed by atoms with Gasteiger partial charge in [0.2, 0.25) is 11.7 Å². The molecule has 10 nitrogen and oxygen atoms in total. The van der Waals surface area contributed by atoms with Crippen LogP contribution in [0.1, 0.15) is 54.4 Å². The number of fused-ring (bicyclic) bond motifs is 1. The van der Waals surface area contributed by atoms with Crippen molar-refractivity contribution in [2.75, 3.05) is 73.1 Å². The molecule has 0 radical (unpaired) electrons. The van der Waals surface area contributed by atoms with E-state index in [0.29, 0.717) is 52.1 Å². The third-order valence-electron chi connectivity index (χ3n) is 9.34. The molecule has 0 saturated carbocycles. The second kappa shape index (κ2) is 18.0. The van der Waals surface area contributed by atoms with E-state index in [4.69, 9.17) is 47.1 Å². The van der Waals surface area contributed by atoms with Crippen LogP contribution >= 0.6 is 23.2 Å². The van der Waals surface area contributed by atoms with Gasteiger partial charge in [0.25, 0.3) is 5.91 Å². The molecule has 3 aromatic carbocycles. The topological polar surface area (TPSA) is 90.3 Å². The van der Waals surface area contributed by atoms with Gasteiger partial charge in [-0.2, -0.15) is 0 Å². The minimum atomic E-state index is -0.149. The van der Waals surface area contributed by atoms with E-state index in [9.17, 15) is 4.79 Å². The zero-order valence-electron chi connectivity index (χ0n) is 29.7. The number of amides is 1. The molecule has 1 N–H and O–H groups in total. The highest BCUT2D eigenvalue weighted by atomic mass is 35.5. The van der Waals surface area contributed by atoms with Crippen LogP contribution < -0.4 is 19.5 Å². The summed E-state index contributed by atoms with van der Waals surface area (Å²) >= 11 is 12.8. The number of ether oxygens (including phenoxy) is 4. The van der Waals surface area contributed by atoms with Crippen LogP contribution in [0.5, 0.6) is 17.2 Å². The second-order valence-corrected chi connectivity index (χ2v) is 13.5. The summed E-state index contributed by atoms with van der Waals surface area (Å²) in [6.45, 7) is 7.61. The van der Waals surface area contributed by atoms with E-state index in [1.165, 1.54) is 21.3 Å². The summed E-state index contributed by atoms with van der Waals surface area (Å²) in [6.07, 6.45) is 3.86. The van der Waals surface area contributed by atoms with Crippen LogP contribution in [0.15, 0.2) is 54.6 Å². The fraction of sp³-hybridized carbons (Fsp3) is 0.474. The van der Waals surface area contributed by atoms with Gasteiger partial charge in [-0.1, -0.05) is 48.3 Å². The number of benzene rings is 3. The van der Waals surface area contributed by atoms with Gasteiger partial charge in [0.1, 0.15) is 0 Å². The van der Waals surface area contributed by atoms with Crippen molar-refractivity contribution in [3.8, 4) is 17.2 Å². The van der Waals surface area contributed by atoms with Gasteiger partial charge in [0.05, 0.1) is 49.0 Å². The Kier molecular flexibility index (Phi) is 13.5. The number of nitrogens with zero attached hydrogens (tertiary/aromatic N) is 4. The van der Waals surface area contributed by atoms with E-state index in [-0.39, 0.29) is 11.8 Å². The molecule has 1 aliphatic heterocycles. The van der Waals surface area contributed by atoms with Gasteiger partial charge in [-0.05, 0) is 74.2 Å². The molecule has 1 saturated heterocycles. The van der Waals surface area contributed by atoms with Crippen molar-refractivity contribution in [3.05, 3.63) is 75.8 Å². The van der Waals surface area contributed by atoms with Gasteiger partial charge < -0.3 is 38.6 Å². The van der Waals surface area contributed by atoms with Gasteiger partial charge in [-0.3, -0.25) is 4.79 Å². The number of para-hydroxylation sites is 2. The largest absolute Gasteiger partial charge is 0.493 e. The molecule has 1 atom stereocenters. The number of likely N-dealkylation sites (N-methyl/N-ethyl adjacent to an activating group) is 1. The fourth-order valence-electron chi connectivity index (χ4n) is 6.60. The number of halogens is 2. The number of aromatic nitrogens is 2. The molecule has 0 bridgehead atoms. The Balaban J connectivity index is 1.23. The van der Waals surface area contributed by atoms with Gasteiger partial charge in [0, 0.05) is 57.4 Å². The highest BCUT2D eigenvalue weighted by Crippen LogP contribution is 2.39. The number of carbonyl (C=O) groups excluding carboxylic acids is 1. The number of rotatable bonds is 17. The number of hydrogen-bond donors (Lipinski definition) is 1. The molecule has 1 aromatic heterocycles. The minimum Gasteiger partial charge on any atom is -0.493 e. The van der Waals surface area contributed by atoms with Crippen molar-refractivity contribution in [1.82, 2.24) is 19.4 Å². The van der Waals surface area contributed by atoms with Gasteiger partial charge >= 0.3 is 0 Å². The lowest BCUT2D eigenvalue weighted by atomic mass is 9.94. The highest BCUT2D eigenvalue weighted by Gasteiger charge is 2.26. The number of likely N-dealkylation sites (tertiary alicyclic amines) is 1. The molecule has 270 valence electrons. The van der Waals surface area contributed by atoms with E-state index in [1.54, 1.807) is 17.0 Å². The van der Waals surface area contributed by atoms with Crippen LogP contribution in [0.3, 0.4) is 0 Å². The Labute approximate surface area is 305 Å². The number of anilines is 1. The van der Waals surface area contributed by atoms with Gasteiger partial charge in [0.15, 0.2) is 11.5 Å². The van der Waals surface area contributed by atoms with Crippen molar-refractivity contribution < 1.29 is 23.7 Å². The SMILES string of the molecule is CCCOCCn1c(NC2CCN(CCC(CN(C)C(=O)c3cc(OC)c(OC)c(OC)c3)c3ccc(Cl)c(Cl)c3)CC2)nc2ccccc21. The van der Waals surface area contributed by atoms with Crippen LogP contribution in [-0.2, 0) is 11.3 Å². The number of nitrogens with one attached hydrogen (secondary N) is 1. The Morgan fingerprint density at radius 3 is 2.34 bits per heavy atom. The van der Waals surface area contributed by atoms with E-state index in [2.05, 4.69) is 39.9 Å². The summed E-state index contributed by atoms with van der Waals surface area (Å²) in [4.78, 5) is 22.9. The number of piperidine rings is 1. The highest BCUT2D eigenvalue weighted by molar-refractivity contribution is 6.42. The quantitative estimate of drug-likeness (QED) is 0.111. The van der Waals surface area contributed by atoms with Crippen LogP contribution in [0.25, 0.3) is 11.0 Å². The number of carbonyl (C=O) groups is 1. The Hall–Kier alpha value is -3.70. The van der Waals surface area contributed by atoms with Gasteiger partial charge in [-0.15, -0.1) is 0 Å². The predicted octanol–water partition coefficient (Wildman–Crippen LogP) is 7.62. The average molecular weight is 727 g/mol. The molecule has 1 unspecified atom stereocenters. The van der Waals surface area contributed by atoms with E-state index >= 15 is 0 Å². The molecular formula is C38H49Cl2N5O5. The maximum atomic E-state index is 13.7. The van der Waals surface area contributed by atoms with Crippen molar-refractivity contribution in [1.29, 1.82) is 0 Å². The van der Waals surface area contributed by atoms with E-state index < -0.39 is 0 Å². The third kappa shape index (κ3) is 9.15. The van der Waals surface area contributed by atoms with Crippen LogP contribution in [-0.4, -0.2) is 99.1 Å². The lowest BCUT2D eigenvalue weighted by Crippen LogP contribution is -2.40. The maximum absolute atomic E-state index is 13.7. The third-order valence-corrected chi connectivity index (χ3v) is 10.1. The number of imidazole rings is 1. The average Bonchev–Trinajstić information content (AvgIpc) is 3.48. The first-order valence-electron chi connectivity index (χ1n) is 17.3. The lowest BCUT2D eigenvalue weighted by Gasteiger charge is -2.34. The van der Waals surface area contributed by atoms with Crippen LogP contribution in [0.4, 0.5) is 5.95 Å². The monoisotopic (exact) mass is 725 g/mol. The summed E-state index contributed by atoms with van der Waals surface area (Å²) < 4.78 is 24.5.